The summed E-state index contributed by atoms with van der Waals surface area (Å²) < 4.78 is 0. The summed E-state index contributed by atoms with van der Waals surface area (Å²) in [6, 6.07) is 0. The highest BCUT2D eigenvalue weighted by Crippen LogP contribution is 2.00. The lowest BCUT2D eigenvalue weighted by Crippen LogP contribution is -1.79. The Hall–Kier alpha value is -0.240. The van der Waals surface area contributed by atoms with Gasteiger partial charge in [-0.1, -0.05) is 6.58 Å². The van der Waals surface area contributed by atoms with Gasteiger partial charge in [0.2, 0.25) is 0 Å². The van der Waals surface area contributed by atoms with Crippen LogP contribution in [-0.2, 0) is 0 Å². The molecule has 0 fully saturated rings. The molecular formula is C6H11NS. The highest BCUT2D eigenvalue weighted by Gasteiger charge is 1.82. The lowest BCUT2D eigenvalue weighted by Gasteiger charge is -1.90. The van der Waals surface area contributed by atoms with Gasteiger partial charge in [-0.15, -0.1) is 11.8 Å². The molecule has 0 aliphatic heterocycles. The molecule has 46 valence electrons. The van der Waals surface area contributed by atoms with E-state index in [9.17, 15) is 0 Å². The van der Waals surface area contributed by atoms with E-state index in [4.69, 9.17) is 0 Å². The third-order valence-electron chi connectivity index (χ3n) is 0.644. The van der Waals surface area contributed by atoms with E-state index in [1.165, 1.54) is 0 Å². The van der Waals surface area contributed by atoms with E-state index in [2.05, 4.69) is 11.6 Å². The third kappa shape index (κ3) is 3.93. The fourth-order valence-corrected chi connectivity index (χ4v) is 0.562. The van der Waals surface area contributed by atoms with Crippen molar-refractivity contribution in [3.63, 3.8) is 0 Å². The van der Waals surface area contributed by atoms with Gasteiger partial charge in [0.25, 0.3) is 0 Å². The maximum atomic E-state index is 4.08. The average Bonchev–Trinajstić information content (AvgIpc) is 1.65. The average molecular weight is 129 g/mol. The molecule has 0 aromatic carbocycles. The fraction of sp³-hybridized carbons (Fsp3) is 0.500. The van der Waals surface area contributed by atoms with Crippen LogP contribution in [0.4, 0.5) is 0 Å². The van der Waals surface area contributed by atoms with Crippen LogP contribution in [0.25, 0.3) is 0 Å². The number of hydrogen-bond acceptors (Lipinski definition) is 2. The summed E-state index contributed by atoms with van der Waals surface area (Å²) in [6.07, 6.45) is 2.00. The summed E-state index contributed by atoms with van der Waals surface area (Å²) in [5, 5.41) is 1.07. The Labute approximate surface area is 54.9 Å². The van der Waals surface area contributed by atoms with Crippen LogP contribution in [0.5, 0.6) is 0 Å². The Kier molecular flexibility index (Phi) is 3.61. The van der Waals surface area contributed by atoms with E-state index < -0.39 is 0 Å². The molecule has 2 heteroatoms. The number of rotatable bonds is 1. The van der Waals surface area contributed by atoms with E-state index in [1.807, 2.05) is 20.1 Å². The number of allylic oxidation sites excluding steroid dienone is 1. The summed E-state index contributed by atoms with van der Waals surface area (Å²) in [5.41, 5.74) is 0.872. The molecule has 1 nitrogen and oxygen atoms in total. The van der Waals surface area contributed by atoms with E-state index >= 15 is 0 Å². The molecule has 0 N–H and O–H groups in total. The van der Waals surface area contributed by atoms with Crippen molar-refractivity contribution in [2.24, 2.45) is 4.99 Å². The van der Waals surface area contributed by atoms with Crippen LogP contribution in [0.15, 0.2) is 17.3 Å². The van der Waals surface area contributed by atoms with Crippen molar-refractivity contribution in [2.45, 2.75) is 13.8 Å². The second-order valence-electron chi connectivity index (χ2n) is 1.57. The first-order valence-corrected chi connectivity index (χ1v) is 3.64. The Morgan fingerprint density at radius 3 is 2.12 bits per heavy atom. The largest absolute Gasteiger partial charge is 0.252 e. The molecule has 0 heterocycles. The lowest BCUT2D eigenvalue weighted by atomic mass is 10.6. The normalized spacial score (nSPS) is 11.6. The molecule has 0 saturated carbocycles. The summed E-state index contributed by atoms with van der Waals surface area (Å²) in [4.78, 5) is 4.08. The highest BCUT2D eigenvalue weighted by atomic mass is 32.2. The van der Waals surface area contributed by atoms with Crippen molar-refractivity contribution >= 4 is 16.8 Å². The molecule has 8 heavy (non-hydrogen) atoms. The van der Waals surface area contributed by atoms with E-state index in [0.717, 1.165) is 10.7 Å². The molecule has 0 spiro atoms. The number of nitrogens with zero attached hydrogens (tertiary/aromatic N) is 1. The number of aliphatic imine (C=N–C) groups is 1. The maximum Gasteiger partial charge on any atom is 0.0700 e. The van der Waals surface area contributed by atoms with Gasteiger partial charge in [0.05, 0.1) is 5.04 Å². The zero-order chi connectivity index (χ0) is 6.57. The Balaban J connectivity index is 3.75. The molecule has 0 radical (unpaired) electrons. The van der Waals surface area contributed by atoms with Gasteiger partial charge in [-0.3, -0.25) is 4.99 Å². The minimum absolute atomic E-state index is 0.872. The monoisotopic (exact) mass is 129 g/mol. The van der Waals surface area contributed by atoms with Crippen LogP contribution in [0.3, 0.4) is 0 Å². The van der Waals surface area contributed by atoms with Gasteiger partial charge in [0.15, 0.2) is 0 Å². The van der Waals surface area contributed by atoms with Crippen LogP contribution < -0.4 is 0 Å². The van der Waals surface area contributed by atoms with Gasteiger partial charge >= 0.3 is 0 Å². The Morgan fingerprint density at radius 1 is 1.50 bits per heavy atom. The predicted molar refractivity (Wildman–Crippen MR) is 41.4 cm³/mol. The first kappa shape index (κ1) is 7.76. The molecule has 0 bridgehead atoms. The molecule has 0 aromatic rings. The predicted octanol–water partition coefficient (Wildman–Crippen LogP) is 2.30. The van der Waals surface area contributed by atoms with E-state index in [0.29, 0.717) is 0 Å². The van der Waals surface area contributed by atoms with Crippen molar-refractivity contribution in [3.05, 3.63) is 12.3 Å². The zero-order valence-corrected chi connectivity index (χ0v) is 6.38. The molecule has 0 atom stereocenters. The Morgan fingerprint density at radius 2 is 2.00 bits per heavy atom. The second-order valence-corrected chi connectivity index (χ2v) is 2.57. The summed E-state index contributed by atoms with van der Waals surface area (Å²) in [7, 11) is 0. The second kappa shape index (κ2) is 3.72. The fourth-order valence-electron chi connectivity index (χ4n) is 0.314. The first-order chi connectivity index (χ1) is 3.66. The number of hydrogen-bond donors (Lipinski definition) is 0. The molecule has 0 aliphatic carbocycles. The smallest absolute Gasteiger partial charge is 0.0700 e. The summed E-state index contributed by atoms with van der Waals surface area (Å²) in [5.74, 6) is 0. The summed E-state index contributed by atoms with van der Waals surface area (Å²) >= 11 is 1.64. The molecule has 0 aliphatic rings. The van der Waals surface area contributed by atoms with Gasteiger partial charge in [-0.05, 0) is 20.1 Å². The Bertz CT molecular complexity index is 116. The maximum absolute atomic E-state index is 4.08. The van der Waals surface area contributed by atoms with E-state index in [1.54, 1.807) is 11.8 Å². The van der Waals surface area contributed by atoms with Gasteiger partial charge in [0, 0.05) is 5.70 Å². The first-order valence-electron chi connectivity index (χ1n) is 2.41. The number of thioether (sulfide) groups is 1. The van der Waals surface area contributed by atoms with Crippen LogP contribution in [0.1, 0.15) is 13.8 Å². The van der Waals surface area contributed by atoms with Gasteiger partial charge in [0.1, 0.15) is 0 Å². The zero-order valence-electron chi connectivity index (χ0n) is 5.56. The molecule has 0 aromatic heterocycles. The molecular weight excluding hydrogens is 118 g/mol. The SMILES string of the molecule is C=C(C)/N=C(/C)SC. The molecule has 0 amide bonds. The van der Waals surface area contributed by atoms with Gasteiger partial charge in [-0.2, -0.15) is 0 Å². The van der Waals surface area contributed by atoms with E-state index in [-0.39, 0.29) is 0 Å². The third-order valence-corrected chi connectivity index (χ3v) is 1.33. The van der Waals surface area contributed by atoms with Crippen LogP contribution >= 0.6 is 11.8 Å². The van der Waals surface area contributed by atoms with Crippen molar-refractivity contribution in [2.75, 3.05) is 6.26 Å². The minimum Gasteiger partial charge on any atom is -0.252 e. The van der Waals surface area contributed by atoms with Crippen molar-refractivity contribution in [3.8, 4) is 0 Å². The topological polar surface area (TPSA) is 12.4 Å². The van der Waals surface area contributed by atoms with Crippen molar-refractivity contribution in [1.82, 2.24) is 0 Å². The standard InChI is InChI=1S/C6H11NS/c1-5(2)7-6(3)8-4/h1H2,2-4H3/b7-6-. The van der Waals surface area contributed by atoms with Crippen molar-refractivity contribution in [1.29, 1.82) is 0 Å². The quantitative estimate of drug-likeness (QED) is 0.391. The summed E-state index contributed by atoms with van der Waals surface area (Å²) in [6.45, 7) is 7.50. The van der Waals surface area contributed by atoms with Gasteiger partial charge < -0.3 is 0 Å². The lowest BCUT2D eigenvalue weighted by molar-refractivity contribution is 1.33. The highest BCUT2D eigenvalue weighted by molar-refractivity contribution is 8.13. The molecule has 0 saturated heterocycles. The molecule has 0 rings (SSSR count). The molecule has 0 unspecified atom stereocenters. The van der Waals surface area contributed by atoms with Gasteiger partial charge in [-0.25, -0.2) is 0 Å². The van der Waals surface area contributed by atoms with Crippen LogP contribution in [0, 0.1) is 0 Å². The van der Waals surface area contributed by atoms with Crippen molar-refractivity contribution < 1.29 is 0 Å². The van der Waals surface area contributed by atoms with Crippen LogP contribution in [-0.4, -0.2) is 11.3 Å². The van der Waals surface area contributed by atoms with Crippen LogP contribution in [0.2, 0.25) is 0 Å². The minimum atomic E-state index is 0.872.